The van der Waals surface area contributed by atoms with Gasteiger partial charge in [0, 0.05) is 16.0 Å². The molecule has 0 bridgehead atoms. The van der Waals surface area contributed by atoms with Crippen LogP contribution in [0.1, 0.15) is 16.7 Å². The summed E-state index contributed by atoms with van der Waals surface area (Å²) in [5.74, 6) is 0.0310. The fourth-order valence-electron chi connectivity index (χ4n) is 3.00. The summed E-state index contributed by atoms with van der Waals surface area (Å²) in [7, 11) is 0. The zero-order valence-corrected chi connectivity index (χ0v) is 14.9. The molecule has 3 aromatic carbocycles. The second-order valence-electron chi connectivity index (χ2n) is 6.02. The van der Waals surface area contributed by atoms with E-state index in [0.29, 0.717) is 27.5 Å². The Morgan fingerprint density at radius 2 is 1.74 bits per heavy atom. The van der Waals surface area contributed by atoms with E-state index in [2.05, 4.69) is 11.1 Å². The molecule has 0 atom stereocenters. The molecular formula is C22H14ClN3O. The number of nitrogens with zero attached hydrogens (tertiary/aromatic N) is 2. The largest absolute Gasteiger partial charge is 0.494 e. The maximum Gasteiger partial charge on any atom is 0.199 e. The van der Waals surface area contributed by atoms with E-state index in [-0.39, 0.29) is 5.88 Å². The first-order valence-electron chi connectivity index (χ1n) is 8.30. The van der Waals surface area contributed by atoms with Gasteiger partial charge in [-0.3, -0.25) is 0 Å². The summed E-state index contributed by atoms with van der Waals surface area (Å²) < 4.78 is 0. The SMILES string of the molecule is N#Cc1ccc(N=C(c2ccccc2)c2c(O)[nH]c3cc(Cl)ccc23)cc1. The normalized spacial score (nSPS) is 11.5. The Balaban J connectivity index is 1.95. The van der Waals surface area contributed by atoms with Crippen molar-refractivity contribution >= 4 is 33.9 Å². The van der Waals surface area contributed by atoms with Crippen molar-refractivity contribution in [3.05, 3.63) is 94.5 Å². The van der Waals surface area contributed by atoms with Crippen LogP contribution in [-0.2, 0) is 0 Å². The van der Waals surface area contributed by atoms with Crippen LogP contribution in [0.5, 0.6) is 5.88 Å². The molecule has 0 spiro atoms. The minimum atomic E-state index is 0.0310. The first-order chi connectivity index (χ1) is 13.2. The molecule has 27 heavy (non-hydrogen) atoms. The number of aliphatic imine (C=N–C) groups is 1. The molecule has 4 aromatic rings. The molecule has 0 radical (unpaired) electrons. The maximum atomic E-state index is 10.6. The summed E-state index contributed by atoms with van der Waals surface area (Å²) in [4.78, 5) is 7.74. The molecule has 4 nitrogen and oxygen atoms in total. The standard InChI is InChI=1S/C22H14ClN3O/c23-16-8-11-18-19(12-16)26-22(27)20(18)21(15-4-2-1-3-5-15)25-17-9-6-14(13-24)7-10-17/h1-12,26-27H. The van der Waals surface area contributed by atoms with E-state index in [1.807, 2.05) is 36.4 Å². The summed E-state index contributed by atoms with van der Waals surface area (Å²) in [6.45, 7) is 0. The predicted octanol–water partition coefficient (Wildman–Crippen LogP) is 5.57. The number of nitrogens with one attached hydrogen (secondary N) is 1. The fourth-order valence-corrected chi connectivity index (χ4v) is 3.17. The van der Waals surface area contributed by atoms with Crippen molar-refractivity contribution in [2.24, 2.45) is 4.99 Å². The van der Waals surface area contributed by atoms with E-state index < -0.39 is 0 Å². The van der Waals surface area contributed by atoms with E-state index in [1.165, 1.54) is 0 Å². The summed E-state index contributed by atoms with van der Waals surface area (Å²) in [6.07, 6.45) is 0. The first kappa shape index (κ1) is 16.9. The number of aromatic hydroxyl groups is 1. The molecule has 0 aliphatic carbocycles. The van der Waals surface area contributed by atoms with Crippen LogP contribution in [0.4, 0.5) is 5.69 Å². The lowest BCUT2D eigenvalue weighted by Crippen LogP contribution is -2.02. The number of halogens is 1. The number of aromatic nitrogens is 1. The third kappa shape index (κ3) is 3.29. The maximum absolute atomic E-state index is 10.6. The Bertz CT molecular complexity index is 1190. The number of nitriles is 1. The molecule has 1 heterocycles. The molecule has 0 fully saturated rings. The van der Waals surface area contributed by atoms with Crippen molar-refractivity contribution < 1.29 is 5.11 Å². The minimum Gasteiger partial charge on any atom is -0.494 e. The van der Waals surface area contributed by atoms with Gasteiger partial charge in [-0.2, -0.15) is 5.26 Å². The predicted molar refractivity (Wildman–Crippen MR) is 108 cm³/mol. The zero-order valence-electron chi connectivity index (χ0n) is 14.1. The van der Waals surface area contributed by atoms with E-state index in [4.69, 9.17) is 21.9 Å². The molecule has 0 saturated carbocycles. The molecule has 0 unspecified atom stereocenters. The summed E-state index contributed by atoms with van der Waals surface area (Å²) in [6, 6.07) is 24.2. The van der Waals surface area contributed by atoms with Gasteiger partial charge in [0.1, 0.15) is 0 Å². The van der Waals surface area contributed by atoms with Gasteiger partial charge in [-0.1, -0.05) is 48.0 Å². The second-order valence-corrected chi connectivity index (χ2v) is 6.46. The molecule has 0 saturated heterocycles. The van der Waals surface area contributed by atoms with Gasteiger partial charge in [-0.05, 0) is 36.4 Å². The summed E-state index contributed by atoms with van der Waals surface area (Å²) >= 11 is 6.08. The summed E-state index contributed by atoms with van der Waals surface area (Å²) in [5.41, 5.74) is 4.10. The smallest absolute Gasteiger partial charge is 0.199 e. The van der Waals surface area contributed by atoms with Crippen LogP contribution in [0.3, 0.4) is 0 Å². The number of benzene rings is 3. The number of aromatic amines is 1. The molecule has 0 aliphatic heterocycles. The van der Waals surface area contributed by atoms with Gasteiger partial charge < -0.3 is 10.1 Å². The number of H-pyrrole nitrogens is 1. The van der Waals surface area contributed by atoms with E-state index >= 15 is 0 Å². The average molecular weight is 372 g/mol. The van der Waals surface area contributed by atoms with Crippen molar-refractivity contribution in [2.45, 2.75) is 0 Å². The Labute approximate surface area is 161 Å². The molecule has 2 N–H and O–H groups in total. The number of rotatable bonds is 3. The highest BCUT2D eigenvalue weighted by atomic mass is 35.5. The van der Waals surface area contributed by atoms with Gasteiger partial charge in [0.15, 0.2) is 5.88 Å². The zero-order chi connectivity index (χ0) is 18.8. The lowest BCUT2D eigenvalue weighted by Gasteiger charge is -2.08. The Morgan fingerprint density at radius 3 is 2.44 bits per heavy atom. The Hall–Kier alpha value is -3.55. The quantitative estimate of drug-likeness (QED) is 0.462. The van der Waals surface area contributed by atoms with Crippen LogP contribution < -0.4 is 0 Å². The first-order valence-corrected chi connectivity index (χ1v) is 8.68. The van der Waals surface area contributed by atoms with Crippen molar-refractivity contribution in [3.8, 4) is 11.9 Å². The van der Waals surface area contributed by atoms with Crippen molar-refractivity contribution in [1.29, 1.82) is 5.26 Å². The molecule has 1 aromatic heterocycles. The molecule has 4 rings (SSSR count). The molecular weight excluding hydrogens is 358 g/mol. The van der Waals surface area contributed by atoms with Gasteiger partial charge in [0.05, 0.1) is 34.1 Å². The topological polar surface area (TPSA) is 72.2 Å². The van der Waals surface area contributed by atoms with E-state index in [1.54, 1.807) is 36.4 Å². The number of hydrogen-bond donors (Lipinski definition) is 2. The second kappa shape index (κ2) is 6.99. The van der Waals surface area contributed by atoms with E-state index in [9.17, 15) is 5.11 Å². The number of fused-ring (bicyclic) bond motifs is 1. The van der Waals surface area contributed by atoms with Crippen molar-refractivity contribution in [3.63, 3.8) is 0 Å². The van der Waals surface area contributed by atoms with Gasteiger partial charge >= 0.3 is 0 Å². The van der Waals surface area contributed by atoms with Crippen LogP contribution in [-0.4, -0.2) is 15.8 Å². The highest BCUT2D eigenvalue weighted by Crippen LogP contribution is 2.32. The fraction of sp³-hybridized carbons (Fsp3) is 0. The van der Waals surface area contributed by atoms with Gasteiger partial charge in [0.2, 0.25) is 0 Å². The monoisotopic (exact) mass is 371 g/mol. The molecule has 0 amide bonds. The third-order valence-corrected chi connectivity index (χ3v) is 4.50. The van der Waals surface area contributed by atoms with Crippen LogP contribution in [0.2, 0.25) is 5.02 Å². The summed E-state index contributed by atoms with van der Waals surface area (Å²) in [5, 5.41) is 21.0. The molecule has 5 heteroatoms. The lowest BCUT2D eigenvalue weighted by molar-refractivity contribution is 0.457. The van der Waals surface area contributed by atoms with Crippen LogP contribution >= 0.6 is 11.6 Å². The van der Waals surface area contributed by atoms with Gasteiger partial charge in [0.25, 0.3) is 0 Å². The van der Waals surface area contributed by atoms with Crippen LogP contribution in [0, 0.1) is 11.3 Å². The third-order valence-electron chi connectivity index (χ3n) is 4.26. The highest BCUT2D eigenvalue weighted by Gasteiger charge is 2.18. The lowest BCUT2D eigenvalue weighted by atomic mass is 10.0. The van der Waals surface area contributed by atoms with Crippen molar-refractivity contribution in [1.82, 2.24) is 4.98 Å². The Morgan fingerprint density at radius 1 is 1.00 bits per heavy atom. The van der Waals surface area contributed by atoms with Crippen LogP contribution in [0.15, 0.2) is 77.8 Å². The highest BCUT2D eigenvalue weighted by molar-refractivity contribution is 6.31. The Kier molecular flexibility index (Phi) is 4.37. The molecule has 130 valence electrons. The van der Waals surface area contributed by atoms with Crippen LogP contribution in [0.25, 0.3) is 10.9 Å². The minimum absolute atomic E-state index is 0.0310. The van der Waals surface area contributed by atoms with E-state index in [0.717, 1.165) is 16.5 Å². The van der Waals surface area contributed by atoms with Crippen molar-refractivity contribution in [2.75, 3.05) is 0 Å². The number of hydrogen-bond acceptors (Lipinski definition) is 3. The average Bonchev–Trinajstić information content (AvgIpc) is 3.02. The van der Waals surface area contributed by atoms with Gasteiger partial charge in [-0.15, -0.1) is 0 Å². The van der Waals surface area contributed by atoms with Gasteiger partial charge in [-0.25, -0.2) is 4.99 Å². The molecule has 0 aliphatic rings.